The number of nitrogens with zero attached hydrogens (tertiary/aromatic N) is 2. The molecular formula is C29H35N3O6S. The van der Waals surface area contributed by atoms with Gasteiger partial charge in [-0.3, -0.25) is 9.52 Å². The van der Waals surface area contributed by atoms with Crippen LogP contribution in [-0.4, -0.2) is 72.5 Å². The predicted molar refractivity (Wildman–Crippen MR) is 151 cm³/mol. The molecule has 39 heavy (non-hydrogen) atoms. The van der Waals surface area contributed by atoms with E-state index in [9.17, 15) is 13.2 Å². The van der Waals surface area contributed by atoms with Crippen molar-refractivity contribution in [3.63, 3.8) is 0 Å². The molecule has 0 saturated carbocycles. The number of aryl methyl sites for hydroxylation is 2. The Morgan fingerprint density at radius 1 is 0.897 bits per heavy atom. The van der Waals surface area contributed by atoms with Crippen LogP contribution in [0.2, 0.25) is 0 Å². The summed E-state index contributed by atoms with van der Waals surface area (Å²) in [4.78, 5) is 17.5. The Morgan fingerprint density at radius 2 is 1.62 bits per heavy atom. The quantitative estimate of drug-likeness (QED) is 0.282. The molecule has 1 N–H and O–H groups in total. The standard InChI is InChI=1S/C29H35N3O6S/c1-22-8-13-26(39(34,35)30-24-9-11-25(12-10-24)38-21-37-19-18-36-3)20-27(22)29(33)32-16-14-31(15-17-32)28-7-5-4-6-23(28)2/h4-13,20,30H,14-19,21H2,1-3H3. The fourth-order valence-corrected chi connectivity index (χ4v) is 5.47. The van der Waals surface area contributed by atoms with E-state index in [4.69, 9.17) is 14.2 Å². The monoisotopic (exact) mass is 553 g/mol. The van der Waals surface area contributed by atoms with Gasteiger partial charge in [0.1, 0.15) is 5.75 Å². The summed E-state index contributed by atoms with van der Waals surface area (Å²) in [5.74, 6) is 0.379. The summed E-state index contributed by atoms with van der Waals surface area (Å²) in [5, 5.41) is 0. The van der Waals surface area contributed by atoms with Gasteiger partial charge in [0.2, 0.25) is 0 Å². The van der Waals surface area contributed by atoms with E-state index in [1.165, 1.54) is 23.4 Å². The second-order valence-electron chi connectivity index (χ2n) is 9.34. The van der Waals surface area contributed by atoms with Crippen LogP contribution in [0.15, 0.2) is 71.6 Å². The smallest absolute Gasteiger partial charge is 0.261 e. The first kappa shape index (κ1) is 28.4. The van der Waals surface area contributed by atoms with E-state index >= 15 is 0 Å². The second-order valence-corrected chi connectivity index (χ2v) is 11.0. The number of amides is 1. The maximum atomic E-state index is 13.4. The zero-order chi connectivity index (χ0) is 27.8. The van der Waals surface area contributed by atoms with Crippen molar-refractivity contribution in [1.82, 2.24) is 4.90 Å². The van der Waals surface area contributed by atoms with E-state index < -0.39 is 10.0 Å². The number of rotatable bonds is 11. The van der Waals surface area contributed by atoms with Crippen molar-refractivity contribution in [2.24, 2.45) is 0 Å². The first-order chi connectivity index (χ1) is 18.8. The third-order valence-electron chi connectivity index (χ3n) is 6.62. The van der Waals surface area contributed by atoms with E-state index in [-0.39, 0.29) is 17.6 Å². The molecule has 0 radical (unpaired) electrons. The number of sulfonamides is 1. The van der Waals surface area contributed by atoms with E-state index in [1.807, 2.05) is 19.1 Å². The predicted octanol–water partition coefficient (Wildman–Crippen LogP) is 4.07. The molecule has 0 aliphatic carbocycles. The Labute approximate surface area is 230 Å². The molecule has 1 fully saturated rings. The number of anilines is 2. The number of hydrogen-bond donors (Lipinski definition) is 1. The molecule has 1 aliphatic rings. The number of para-hydroxylation sites is 1. The van der Waals surface area contributed by atoms with E-state index in [0.717, 1.165) is 5.56 Å². The fraction of sp³-hybridized carbons (Fsp3) is 0.345. The van der Waals surface area contributed by atoms with Crippen LogP contribution in [0.4, 0.5) is 11.4 Å². The molecule has 9 nitrogen and oxygen atoms in total. The van der Waals surface area contributed by atoms with Gasteiger partial charge in [-0.25, -0.2) is 8.42 Å². The van der Waals surface area contributed by atoms with Crippen molar-refractivity contribution in [2.45, 2.75) is 18.7 Å². The van der Waals surface area contributed by atoms with Crippen LogP contribution < -0.4 is 14.4 Å². The maximum Gasteiger partial charge on any atom is 0.261 e. The molecular weight excluding hydrogens is 518 g/mol. The van der Waals surface area contributed by atoms with Gasteiger partial charge in [-0.15, -0.1) is 0 Å². The third kappa shape index (κ3) is 7.29. The van der Waals surface area contributed by atoms with Crippen LogP contribution in [-0.2, 0) is 19.5 Å². The number of nitrogens with one attached hydrogen (secondary N) is 1. The Kier molecular flexibility index (Phi) is 9.45. The lowest BCUT2D eigenvalue weighted by molar-refractivity contribution is -0.00846. The highest BCUT2D eigenvalue weighted by atomic mass is 32.2. The number of methoxy groups -OCH3 is 1. The molecule has 1 heterocycles. The molecule has 1 amide bonds. The van der Waals surface area contributed by atoms with Gasteiger partial charge in [-0.1, -0.05) is 24.3 Å². The molecule has 0 atom stereocenters. The zero-order valence-corrected chi connectivity index (χ0v) is 23.4. The van der Waals surface area contributed by atoms with Gasteiger partial charge in [0.15, 0.2) is 6.79 Å². The maximum absolute atomic E-state index is 13.4. The second kappa shape index (κ2) is 13.0. The Balaban J connectivity index is 1.39. The molecule has 1 saturated heterocycles. The van der Waals surface area contributed by atoms with Gasteiger partial charge < -0.3 is 24.0 Å². The fourth-order valence-electron chi connectivity index (χ4n) is 4.38. The lowest BCUT2D eigenvalue weighted by atomic mass is 10.1. The molecule has 3 aromatic carbocycles. The highest BCUT2D eigenvalue weighted by molar-refractivity contribution is 7.92. The molecule has 208 valence electrons. The van der Waals surface area contributed by atoms with Crippen molar-refractivity contribution in [3.05, 3.63) is 83.4 Å². The first-order valence-corrected chi connectivity index (χ1v) is 14.3. The molecule has 4 rings (SSSR count). The van der Waals surface area contributed by atoms with Gasteiger partial charge in [0, 0.05) is 50.2 Å². The van der Waals surface area contributed by atoms with E-state index in [2.05, 4.69) is 28.7 Å². The summed E-state index contributed by atoms with van der Waals surface area (Å²) in [6.45, 7) is 7.41. The summed E-state index contributed by atoms with van der Waals surface area (Å²) in [6.07, 6.45) is 0. The number of carbonyl (C=O) groups is 1. The Hall–Kier alpha value is -3.60. The molecule has 0 aromatic heterocycles. The average Bonchev–Trinajstić information content (AvgIpc) is 2.94. The number of carbonyl (C=O) groups excluding carboxylic acids is 1. The number of hydrogen-bond acceptors (Lipinski definition) is 7. The van der Waals surface area contributed by atoms with Crippen LogP contribution in [0.1, 0.15) is 21.5 Å². The van der Waals surface area contributed by atoms with Gasteiger partial charge in [-0.05, 0) is 67.4 Å². The lowest BCUT2D eigenvalue weighted by Gasteiger charge is -2.37. The Morgan fingerprint density at radius 3 is 2.31 bits per heavy atom. The zero-order valence-electron chi connectivity index (χ0n) is 22.6. The summed E-state index contributed by atoms with van der Waals surface area (Å²) >= 11 is 0. The van der Waals surface area contributed by atoms with Crippen molar-refractivity contribution in [2.75, 3.05) is 62.9 Å². The van der Waals surface area contributed by atoms with Gasteiger partial charge >= 0.3 is 0 Å². The average molecular weight is 554 g/mol. The third-order valence-corrected chi connectivity index (χ3v) is 8.00. The number of ether oxygens (including phenoxy) is 3. The van der Waals surface area contributed by atoms with Crippen LogP contribution in [0, 0.1) is 13.8 Å². The van der Waals surface area contributed by atoms with Crippen LogP contribution >= 0.6 is 0 Å². The largest absolute Gasteiger partial charge is 0.468 e. The summed E-state index contributed by atoms with van der Waals surface area (Å²) < 4.78 is 44.5. The molecule has 0 bridgehead atoms. The van der Waals surface area contributed by atoms with Crippen LogP contribution in [0.25, 0.3) is 0 Å². The molecule has 1 aliphatic heterocycles. The van der Waals surface area contributed by atoms with Gasteiger partial charge in [-0.2, -0.15) is 0 Å². The van der Waals surface area contributed by atoms with Crippen LogP contribution in [0.3, 0.4) is 0 Å². The topological polar surface area (TPSA) is 97.4 Å². The van der Waals surface area contributed by atoms with Crippen LogP contribution in [0.5, 0.6) is 5.75 Å². The first-order valence-electron chi connectivity index (χ1n) is 12.8. The molecule has 0 unspecified atom stereocenters. The van der Waals surface area contributed by atoms with E-state index in [0.29, 0.717) is 56.4 Å². The van der Waals surface area contributed by atoms with Crippen molar-refractivity contribution in [1.29, 1.82) is 0 Å². The number of piperazine rings is 1. The van der Waals surface area contributed by atoms with Crippen molar-refractivity contribution in [3.8, 4) is 5.75 Å². The minimum Gasteiger partial charge on any atom is -0.468 e. The Bertz CT molecular complexity index is 1370. The van der Waals surface area contributed by atoms with Crippen molar-refractivity contribution >= 4 is 27.3 Å². The molecule has 0 spiro atoms. The summed E-state index contributed by atoms with van der Waals surface area (Å²) in [6, 6.07) is 19.4. The van der Waals surface area contributed by atoms with Gasteiger partial charge in [0.25, 0.3) is 15.9 Å². The SMILES string of the molecule is COCCOCOc1ccc(NS(=O)(=O)c2ccc(C)c(C(=O)N3CCN(c4ccccc4C)CC3)c2)cc1. The van der Waals surface area contributed by atoms with Gasteiger partial charge in [0.05, 0.1) is 18.1 Å². The van der Waals surface area contributed by atoms with Crippen molar-refractivity contribution < 1.29 is 27.4 Å². The highest BCUT2D eigenvalue weighted by Crippen LogP contribution is 2.24. The molecule has 10 heteroatoms. The minimum absolute atomic E-state index is 0.0295. The van der Waals surface area contributed by atoms with E-state index in [1.54, 1.807) is 42.3 Å². The minimum atomic E-state index is -3.91. The summed E-state index contributed by atoms with van der Waals surface area (Å²) in [7, 11) is -2.32. The number of benzene rings is 3. The molecule has 3 aromatic rings. The summed E-state index contributed by atoms with van der Waals surface area (Å²) in [5.41, 5.74) is 3.87. The normalized spacial score (nSPS) is 13.8. The highest BCUT2D eigenvalue weighted by Gasteiger charge is 2.25. The lowest BCUT2D eigenvalue weighted by Crippen LogP contribution is -2.49.